The molecular formula is C18H25NO2. The molecule has 0 spiro atoms. The molecule has 1 fully saturated rings. The van der Waals surface area contributed by atoms with Gasteiger partial charge in [-0.15, -0.1) is 0 Å². The normalized spacial score (nSPS) is 16.6. The molecule has 2 rings (SSSR count). The van der Waals surface area contributed by atoms with Crippen molar-refractivity contribution < 1.29 is 9.53 Å². The van der Waals surface area contributed by atoms with Crippen LogP contribution in [0.25, 0.3) is 0 Å². The molecular weight excluding hydrogens is 262 g/mol. The molecule has 0 aliphatic heterocycles. The number of ether oxygens (including phenoxy) is 1. The van der Waals surface area contributed by atoms with Crippen molar-refractivity contribution in [2.45, 2.75) is 38.0 Å². The average molecular weight is 287 g/mol. The minimum absolute atomic E-state index is 0.144. The van der Waals surface area contributed by atoms with Crippen LogP contribution in [0.15, 0.2) is 42.5 Å². The predicted molar refractivity (Wildman–Crippen MR) is 85.2 cm³/mol. The van der Waals surface area contributed by atoms with Crippen LogP contribution in [0.3, 0.4) is 0 Å². The van der Waals surface area contributed by atoms with Gasteiger partial charge < -0.3 is 10.1 Å². The maximum Gasteiger partial charge on any atom is 0.230 e. The van der Waals surface area contributed by atoms with Gasteiger partial charge in [-0.05, 0) is 25.3 Å². The van der Waals surface area contributed by atoms with E-state index < -0.39 is 0 Å². The van der Waals surface area contributed by atoms with Gasteiger partial charge in [-0.2, -0.15) is 0 Å². The predicted octanol–water partition coefficient (Wildman–Crippen LogP) is 3.21. The van der Waals surface area contributed by atoms with Crippen LogP contribution in [0.5, 0.6) is 0 Å². The number of hydrogen-bond donors (Lipinski definition) is 1. The molecule has 1 aliphatic carbocycles. The minimum Gasteiger partial charge on any atom is -0.375 e. The molecule has 114 valence electrons. The summed E-state index contributed by atoms with van der Waals surface area (Å²) in [5, 5.41) is 3.04. The lowest BCUT2D eigenvalue weighted by atomic mass is 9.78. The Bertz CT molecular complexity index is 475. The number of carbonyl (C=O) groups excluding carboxylic acids is 1. The summed E-state index contributed by atoms with van der Waals surface area (Å²) in [4.78, 5) is 12.7. The van der Waals surface area contributed by atoms with E-state index >= 15 is 0 Å². The molecule has 0 atom stereocenters. The summed E-state index contributed by atoms with van der Waals surface area (Å²) in [5.74, 6) is 0.144. The van der Waals surface area contributed by atoms with Gasteiger partial charge in [0.1, 0.15) is 0 Å². The van der Waals surface area contributed by atoms with E-state index in [1.165, 1.54) is 0 Å². The van der Waals surface area contributed by atoms with Gasteiger partial charge in [0.05, 0.1) is 18.6 Å². The van der Waals surface area contributed by atoms with Crippen molar-refractivity contribution >= 4 is 5.91 Å². The Kier molecular flexibility index (Phi) is 5.57. The van der Waals surface area contributed by atoms with Crippen molar-refractivity contribution in [2.75, 3.05) is 19.8 Å². The quantitative estimate of drug-likeness (QED) is 0.618. The third-order valence-corrected chi connectivity index (χ3v) is 4.10. The summed E-state index contributed by atoms with van der Waals surface area (Å²) in [6.07, 6.45) is 4.12. The number of benzene rings is 1. The second-order valence-electron chi connectivity index (χ2n) is 5.92. The molecule has 3 nitrogen and oxygen atoms in total. The van der Waals surface area contributed by atoms with Gasteiger partial charge in [0.15, 0.2) is 0 Å². The van der Waals surface area contributed by atoms with Crippen molar-refractivity contribution in [3.63, 3.8) is 0 Å². The molecule has 21 heavy (non-hydrogen) atoms. The fraction of sp³-hybridized carbons (Fsp3) is 0.500. The lowest BCUT2D eigenvalue weighted by Gasteiger charge is -2.28. The Morgan fingerprint density at radius 1 is 1.29 bits per heavy atom. The first-order chi connectivity index (χ1) is 10.1. The first-order valence-electron chi connectivity index (χ1n) is 7.71. The first kappa shape index (κ1) is 15.8. The van der Waals surface area contributed by atoms with E-state index in [1.54, 1.807) is 0 Å². The van der Waals surface area contributed by atoms with Crippen molar-refractivity contribution in [3.8, 4) is 0 Å². The second-order valence-corrected chi connectivity index (χ2v) is 5.92. The van der Waals surface area contributed by atoms with Gasteiger partial charge in [0.2, 0.25) is 5.91 Å². The highest BCUT2D eigenvalue weighted by Gasteiger charge is 2.42. The lowest BCUT2D eigenvalue weighted by Crippen LogP contribution is -2.43. The zero-order chi connectivity index (χ0) is 15.1. The summed E-state index contributed by atoms with van der Waals surface area (Å²) < 4.78 is 5.43. The van der Waals surface area contributed by atoms with E-state index in [0.717, 1.165) is 36.8 Å². The van der Waals surface area contributed by atoms with E-state index in [9.17, 15) is 4.79 Å². The molecule has 1 aliphatic rings. The van der Waals surface area contributed by atoms with Gasteiger partial charge in [0.25, 0.3) is 0 Å². The van der Waals surface area contributed by atoms with E-state index in [1.807, 2.05) is 25.1 Å². The molecule has 0 bridgehead atoms. The Morgan fingerprint density at radius 2 is 1.95 bits per heavy atom. The van der Waals surface area contributed by atoms with E-state index in [0.29, 0.717) is 19.8 Å². The fourth-order valence-corrected chi connectivity index (χ4v) is 3.03. The maximum atomic E-state index is 12.7. The largest absolute Gasteiger partial charge is 0.375 e. The number of amides is 1. The third kappa shape index (κ3) is 3.94. The summed E-state index contributed by atoms with van der Waals surface area (Å²) in [6, 6.07) is 10.2. The molecule has 3 heteroatoms. The van der Waals surface area contributed by atoms with Gasteiger partial charge in [-0.25, -0.2) is 0 Å². The highest BCUT2D eigenvalue weighted by Crippen LogP contribution is 2.41. The Morgan fingerprint density at radius 3 is 2.57 bits per heavy atom. The highest BCUT2D eigenvalue weighted by atomic mass is 16.5. The van der Waals surface area contributed by atoms with Crippen LogP contribution in [0, 0.1) is 0 Å². The van der Waals surface area contributed by atoms with Crippen molar-refractivity contribution in [3.05, 3.63) is 48.0 Å². The minimum atomic E-state index is -0.338. The average Bonchev–Trinajstić information content (AvgIpc) is 2.98. The van der Waals surface area contributed by atoms with Crippen molar-refractivity contribution in [2.24, 2.45) is 0 Å². The molecule has 1 aromatic carbocycles. The summed E-state index contributed by atoms with van der Waals surface area (Å²) in [5.41, 5.74) is 1.80. The lowest BCUT2D eigenvalue weighted by molar-refractivity contribution is -0.126. The van der Waals surface area contributed by atoms with Crippen LogP contribution in [0.4, 0.5) is 0 Å². The monoisotopic (exact) mass is 287 g/mol. The summed E-state index contributed by atoms with van der Waals surface area (Å²) in [7, 11) is 0. The zero-order valence-corrected chi connectivity index (χ0v) is 12.9. The van der Waals surface area contributed by atoms with Crippen LogP contribution in [-0.4, -0.2) is 25.7 Å². The molecule has 0 heterocycles. The van der Waals surface area contributed by atoms with Crippen LogP contribution in [0.1, 0.15) is 38.2 Å². The Balaban J connectivity index is 1.93. The van der Waals surface area contributed by atoms with Crippen LogP contribution >= 0.6 is 0 Å². The molecule has 0 saturated heterocycles. The SMILES string of the molecule is C=C(C)COCCNC(=O)C1(c2ccccc2)CCCC1. The molecule has 0 unspecified atom stereocenters. The molecule has 0 radical (unpaired) electrons. The smallest absolute Gasteiger partial charge is 0.230 e. The molecule has 0 aromatic heterocycles. The second kappa shape index (κ2) is 7.41. The van der Waals surface area contributed by atoms with Gasteiger partial charge >= 0.3 is 0 Å². The topological polar surface area (TPSA) is 38.3 Å². The van der Waals surface area contributed by atoms with Gasteiger partial charge in [0, 0.05) is 6.54 Å². The van der Waals surface area contributed by atoms with Gasteiger partial charge in [-0.1, -0.05) is 55.3 Å². The number of rotatable bonds is 7. The number of carbonyl (C=O) groups is 1. The molecule has 1 N–H and O–H groups in total. The summed E-state index contributed by atoms with van der Waals surface area (Å²) >= 11 is 0. The van der Waals surface area contributed by atoms with Crippen LogP contribution in [0.2, 0.25) is 0 Å². The van der Waals surface area contributed by atoms with E-state index in [2.05, 4.69) is 24.0 Å². The third-order valence-electron chi connectivity index (χ3n) is 4.10. The Labute approximate surface area is 127 Å². The fourth-order valence-electron chi connectivity index (χ4n) is 3.03. The molecule has 1 aromatic rings. The van der Waals surface area contributed by atoms with Crippen molar-refractivity contribution in [1.82, 2.24) is 5.32 Å². The standard InChI is InChI=1S/C18H25NO2/c1-15(2)14-21-13-12-19-17(20)18(10-6-7-11-18)16-8-4-3-5-9-16/h3-5,8-9H,1,6-7,10-14H2,2H3,(H,19,20). The van der Waals surface area contributed by atoms with Crippen molar-refractivity contribution in [1.29, 1.82) is 0 Å². The van der Waals surface area contributed by atoms with E-state index in [-0.39, 0.29) is 11.3 Å². The van der Waals surface area contributed by atoms with E-state index in [4.69, 9.17) is 4.74 Å². The molecule has 1 saturated carbocycles. The summed E-state index contributed by atoms with van der Waals surface area (Å²) in [6.45, 7) is 7.36. The van der Waals surface area contributed by atoms with Crippen LogP contribution in [-0.2, 0) is 14.9 Å². The van der Waals surface area contributed by atoms with Gasteiger partial charge in [-0.3, -0.25) is 4.79 Å². The van der Waals surface area contributed by atoms with Crippen LogP contribution < -0.4 is 5.32 Å². The Hall–Kier alpha value is -1.61. The number of nitrogens with one attached hydrogen (secondary N) is 1. The maximum absolute atomic E-state index is 12.7. The first-order valence-corrected chi connectivity index (χ1v) is 7.71. The zero-order valence-electron chi connectivity index (χ0n) is 12.9. The number of hydrogen-bond acceptors (Lipinski definition) is 2. The molecule has 1 amide bonds. The highest BCUT2D eigenvalue weighted by molar-refractivity contribution is 5.88.